The van der Waals surface area contributed by atoms with Crippen molar-refractivity contribution < 1.29 is 13.6 Å². The summed E-state index contributed by atoms with van der Waals surface area (Å²) in [5.41, 5.74) is -0.365. The minimum absolute atomic E-state index is 0.0457. The van der Waals surface area contributed by atoms with Crippen molar-refractivity contribution in [1.82, 2.24) is 9.78 Å². The van der Waals surface area contributed by atoms with Gasteiger partial charge < -0.3 is 0 Å². The highest BCUT2D eigenvalue weighted by molar-refractivity contribution is 5.96. The van der Waals surface area contributed by atoms with Gasteiger partial charge in [-0.1, -0.05) is 6.92 Å². The number of halogens is 2. The van der Waals surface area contributed by atoms with Gasteiger partial charge >= 0.3 is 0 Å². The molecule has 0 spiro atoms. The molecule has 0 unspecified atom stereocenters. The average Bonchev–Trinajstić information content (AvgIpc) is 2.48. The number of alkyl halides is 2. The van der Waals surface area contributed by atoms with E-state index >= 15 is 0 Å². The number of carbonyl (C=O) groups excluding carboxylic acids is 1. The molecule has 1 heterocycles. The quantitative estimate of drug-likeness (QED) is 0.702. The fourth-order valence-electron chi connectivity index (χ4n) is 1.24. The Morgan fingerprint density at radius 1 is 1.64 bits per heavy atom. The Balaban J connectivity index is 3.00. The van der Waals surface area contributed by atoms with Crippen molar-refractivity contribution in [2.75, 3.05) is 0 Å². The molecule has 0 bridgehead atoms. The maximum Gasteiger partial charge on any atom is 0.282 e. The van der Waals surface area contributed by atoms with Gasteiger partial charge in [0.15, 0.2) is 5.78 Å². The summed E-state index contributed by atoms with van der Waals surface area (Å²) in [5, 5.41) is 3.56. The molecule has 1 rings (SSSR count). The molecule has 1 aromatic rings. The third-order valence-electron chi connectivity index (χ3n) is 1.84. The molecule has 0 radical (unpaired) electrons. The zero-order chi connectivity index (χ0) is 10.7. The number of carbonyl (C=O) groups is 1. The predicted octanol–water partition coefficient (Wildman–Crippen LogP) is 2.34. The molecule has 78 valence electrons. The van der Waals surface area contributed by atoms with Gasteiger partial charge in [0.2, 0.25) is 0 Å². The van der Waals surface area contributed by atoms with Crippen molar-refractivity contribution in [1.29, 1.82) is 0 Å². The summed E-state index contributed by atoms with van der Waals surface area (Å²) >= 11 is 0. The second-order valence-electron chi connectivity index (χ2n) is 3.08. The van der Waals surface area contributed by atoms with Crippen molar-refractivity contribution in [3.05, 3.63) is 17.5 Å². The summed E-state index contributed by atoms with van der Waals surface area (Å²) in [6.45, 7) is 1.83. The fourth-order valence-corrected chi connectivity index (χ4v) is 1.24. The lowest BCUT2D eigenvalue weighted by molar-refractivity contribution is 0.0966. The van der Waals surface area contributed by atoms with Crippen molar-refractivity contribution in [2.45, 2.75) is 26.2 Å². The van der Waals surface area contributed by atoms with Gasteiger partial charge in [-0.05, 0) is 6.42 Å². The fraction of sp³-hybridized carbons (Fsp3) is 0.556. The molecule has 0 aromatic carbocycles. The molecule has 0 aliphatic heterocycles. The predicted molar refractivity (Wildman–Crippen MR) is 47.4 cm³/mol. The molecule has 14 heavy (non-hydrogen) atoms. The molecule has 0 amide bonds. The van der Waals surface area contributed by atoms with Crippen LogP contribution in [0, 0.1) is 0 Å². The van der Waals surface area contributed by atoms with E-state index in [1.54, 1.807) is 0 Å². The number of hydrogen-bond acceptors (Lipinski definition) is 2. The summed E-state index contributed by atoms with van der Waals surface area (Å²) in [6, 6.07) is 0. The smallest absolute Gasteiger partial charge is 0.282 e. The highest BCUT2D eigenvalue weighted by atomic mass is 19.3. The maximum atomic E-state index is 12.4. The van der Waals surface area contributed by atoms with Crippen LogP contribution in [-0.2, 0) is 7.05 Å². The first kappa shape index (κ1) is 10.8. The van der Waals surface area contributed by atoms with E-state index in [9.17, 15) is 13.6 Å². The highest BCUT2D eigenvalue weighted by Crippen LogP contribution is 2.22. The molecule has 3 nitrogen and oxygen atoms in total. The molecule has 0 atom stereocenters. The van der Waals surface area contributed by atoms with E-state index in [0.29, 0.717) is 6.42 Å². The minimum Gasteiger partial charge on any atom is -0.294 e. The van der Waals surface area contributed by atoms with Gasteiger partial charge in [-0.25, -0.2) is 8.78 Å². The zero-order valence-electron chi connectivity index (χ0n) is 8.13. The summed E-state index contributed by atoms with van der Waals surface area (Å²) < 4.78 is 26.1. The summed E-state index contributed by atoms with van der Waals surface area (Å²) in [5.74, 6) is -0.268. The van der Waals surface area contributed by atoms with E-state index in [1.807, 2.05) is 6.92 Å². The van der Waals surface area contributed by atoms with Crippen LogP contribution in [0.3, 0.4) is 0 Å². The van der Waals surface area contributed by atoms with E-state index < -0.39 is 12.1 Å². The van der Waals surface area contributed by atoms with Crippen LogP contribution >= 0.6 is 0 Å². The molecule has 1 aromatic heterocycles. The molecule has 0 saturated carbocycles. The van der Waals surface area contributed by atoms with Gasteiger partial charge in [-0.15, -0.1) is 0 Å². The van der Waals surface area contributed by atoms with E-state index in [1.165, 1.54) is 17.9 Å². The molecule has 5 heteroatoms. The monoisotopic (exact) mass is 202 g/mol. The highest BCUT2D eigenvalue weighted by Gasteiger charge is 2.21. The molecule has 0 aliphatic carbocycles. The van der Waals surface area contributed by atoms with Crippen LogP contribution in [-0.4, -0.2) is 15.6 Å². The number of aryl methyl sites for hydroxylation is 1. The van der Waals surface area contributed by atoms with E-state index in [-0.39, 0.29) is 17.8 Å². The number of hydrogen-bond donors (Lipinski definition) is 0. The van der Waals surface area contributed by atoms with Crippen LogP contribution in [0.25, 0.3) is 0 Å². The number of aromatic nitrogens is 2. The first-order valence-electron chi connectivity index (χ1n) is 4.41. The van der Waals surface area contributed by atoms with Crippen LogP contribution in [0.4, 0.5) is 8.78 Å². The Bertz CT molecular complexity index is 334. The van der Waals surface area contributed by atoms with Crippen molar-refractivity contribution in [3.63, 3.8) is 0 Å². The molecule has 0 aliphatic rings. The first-order chi connectivity index (χ1) is 6.56. The number of rotatable bonds is 4. The standard InChI is InChI=1S/C9H12F2N2O/c1-3-4-7(14)6-5-13(2)12-8(6)9(10)11/h5,9H,3-4H2,1-2H3. The molecular weight excluding hydrogens is 190 g/mol. The van der Waals surface area contributed by atoms with Crippen LogP contribution in [0.5, 0.6) is 0 Å². The zero-order valence-corrected chi connectivity index (χ0v) is 8.13. The lowest BCUT2D eigenvalue weighted by Crippen LogP contribution is -2.01. The van der Waals surface area contributed by atoms with E-state index in [0.717, 1.165) is 0 Å². The van der Waals surface area contributed by atoms with Gasteiger partial charge in [0.25, 0.3) is 6.43 Å². The lowest BCUT2D eigenvalue weighted by Gasteiger charge is -1.98. The molecular formula is C9H12F2N2O. The Morgan fingerprint density at radius 3 is 2.79 bits per heavy atom. The van der Waals surface area contributed by atoms with Gasteiger partial charge in [-0.2, -0.15) is 5.10 Å². The third-order valence-corrected chi connectivity index (χ3v) is 1.84. The SMILES string of the molecule is CCCC(=O)c1cn(C)nc1C(F)F. The molecule has 0 N–H and O–H groups in total. The summed E-state index contributed by atoms with van der Waals surface area (Å²) in [7, 11) is 1.52. The largest absolute Gasteiger partial charge is 0.294 e. The Labute approximate surface area is 80.7 Å². The second kappa shape index (κ2) is 4.30. The third kappa shape index (κ3) is 2.16. The maximum absolute atomic E-state index is 12.4. The van der Waals surface area contributed by atoms with E-state index in [4.69, 9.17) is 0 Å². The lowest BCUT2D eigenvalue weighted by atomic mass is 10.1. The van der Waals surface area contributed by atoms with Gasteiger partial charge in [0.05, 0.1) is 5.56 Å². The summed E-state index contributed by atoms with van der Waals surface area (Å²) in [6.07, 6.45) is -0.409. The average molecular weight is 202 g/mol. The number of ketones is 1. The molecule has 0 saturated heterocycles. The van der Waals surface area contributed by atoms with Crippen molar-refractivity contribution in [3.8, 4) is 0 Å². The topological polar surface area (TPSA) is 34.9 Å². The minimum atomic E-state index is -2.69. The first-order valence-corrected chi connectivity index (χ1v) is 4.41. The molecule has 0 fully saturated rings. The normalized spacial score (nSPS) is 10.9. The van der Waals surface area contributed by atoms with Gasteiger partial charge in [0.1, 0.15) is 5.69 Å². The van der Waals surface area contributed by atoms with Crippen LogP contribution in [0.15, 0.2) is 6.20 Å². The van der Waals surface area contributed by atoms with Crippen molar-refractivity contribution in [2.24, 2.45) is 7.05 Å². The number of Topliss-reactive ketones (excluding diaryl/α,β-unsaturated/α-hetero) is 1. The second-order valence-corrected chi connectivity index (χ2v) is 3.08. The van der Waals surface area contributed by atoms with E-state index in [2.05, 4.69) is 5.10 Å². The Morgan fingerprint density at radius 2 is 2.29 bits per heavy atom. The Kier molecular flexibility index (Phi) is 3.33. The van der Waals surface area contributed by atoms with Crippen molar-refractivity contribution >= 4 is 5.78 Å². The van der Waals surface area contributed by atoms with Crippen LogP contribution < -0.4 is 0 Å². The number of nitrogens with zero attached hydrogens (tertiary/aromatic N) is 2. The van der Waals surface area contributed by atoms with Gasteiger partial charge in [-0.3, -0.25) is 9.48 Å². The Hall–Kier alpha value is -1.26. The van der Waals surface area contributed by atoms with Crippen LogP contribution in [0.1, 0.15) is 42.2 Å². The summed E-state index contributed by atoms with van der Waals surface area (Å²) in [4.78, 5) is 11.4. The van der Waals surface area contributed by atoms with Gasteiger partial charge in [0, 0.05) is 19.7 Å². The van der Waals surface area contributed by atoms with Crippen LogP contribution in [0.2, 0.25) is 0 Å².